The first-order chi connectivity index (χ1) is 6.58. The van der Waals surface area contributed by atoms with Crippen molar-refractivity contribution in [3.63, 3.8) is 0 Å². The predicted molar refractivity (Wildman–Crippen MR) is 55.4 cm³/mol. The maximum atomic E-state index is 10.6. The Morgan fingerprint density at radius 1 is 1.14 bits per heavy atom. The molecule has 0 amide bonds. The number of nitrogens with two attached hydrogens (primary N) is 1. The van der Waals surface area contributed by atoms with Crippen molar-refractivity contribution < 1.29 is 13.2 Å². The lowest BCUT2D eigenvalue weighted by atomic mass is 10.1. The molecule has 4 nitrogen and oxygen atoms in total. The highest BCUT2D eigenvalue weighted by molar-refractivity contribution is 7.89. The summed E-state index contributed by atoms with van der Waals surface area (Å²) >= 11 is 0. The molecule has 0 radical (unpaired) electrons. The summed E-state index contributed by atoms with van der Waals surface area (Å²) in [5, 5.41) is 4.87. The van der Waals surface area contributed by atoms with Crippen LogP contribution in [0.2, 0.25) is 0 Å². The highest BCUT2D eigenvalue weighted by Crippen LogP contribution is 2.19. The molecule has 1 rings (SSSR count). The second-order valence-electron chi connectivity index (χ2n) is 3.85. The average molecular weight is 221 g/mol. The smallest absolute Gasteiger partial charge is 0.211 e. The van der Waals surface area contributed by atoms with Crippen LogP contribution in [0.4, 0.5) is 0 Å². The second kappa shape index (κ2) is 5.68. The Hall–Kier alpha value is -0.130. The number of ether oxygens (including phenoxy) is 1. The highest BCUT2D eigenvalue weighted by Gasteiger charge is 2.13. The van der Waals surface area contributed by atoms with Gasteiger partial charge in [0.15, 0.2) is 0 Å². The summed E-state index contributed by atoms with van der Waals surface area (Å²) in [6, 6.07) is 0. The third-order valence-corrected chi connectivity index (χ3v) is 3.26. The van der Waals surface area contributed by atoms with E-state index in [1.165, 1.54) is 25.7 Å². The summed E-state index contributed by atoms with van der Waals surface area (Å²) in [6.07, 6.45) is 7.30. The van der Waals surface area contributed by atoms with Crippen molar-refractivity contribution in [2.75, 3.05) is 12.4 Å². The van der Waals surface area contributed by atoms with Gasteiger partial charge in [0.05, 0.1) is 18.5 Å². The van der Waals surface area contributed by atoms with Gasteiger partial charge in [-0.3, -0.25) is 0 Å². The maximum Gasteiger partial charge on any atom is 0.211 e. The molecular weight excluding hydrogens is 202 g/mol. The fraction of sp³-hybridized carbons (Fsp3) is 1.00. The van der Waals surface area contributed by atoms with Gasteiger partial charge in [0.2, 0.25) is 10.0 Å². The van der Waals surface area contributed by atoms with E-state index in [4.69, 9.17) is 9.88 Å². The van der Waals surface area contributed by atoms with E-state index >= 15 is 0 Å². The Morgan fingerprint density at radius 2 is 1.71 bits per heavy atom. The molecule has 1 fully saturated rings. The topological polar surface area (TPSA) is 69.4 Å². The van der Waals surface area contributed by atoms with Crippen molar-refractivity contribution in [1.82, 2.24) is 0 Å². The van der Waals surface area contributed by atoms with Gasteiger partial charge in [0.1, 0.15) is 0 Å². The van der Waals surface area contributed by atoms with Crippen LogP contribution in [0.5, 0.6) is 0 Å². The zero-order valence-corrected chi connectivity index (χ0v) is 9.26. The van der Waals surface area contributed by atoms with Crippen LogP contribution in [0, 0.1) is 0 Å². The van der Waals surface area contributed by atoms with Gasteiger partial charge in [-0.05, 0) is 12.8 Å². The molecule has 0 atom stereocenters. The number of rotatable bonds is 4. The fourth-order valence-corrected chi connectivity index (χ4v) is 2.07. The maximum absolute atomic E-state index is 10.6. The van der Waals surface area contributed by atoms with Crippen LogP contribution in [0.3, 0.4) is 0 Å². The van der Waals surface area contributed by atoms with Crippen molar-refractivity contribution in [3.8, 4) is 0 Å². The lowest BCUT2D eigenvalue weighted by Gasteiger charge is -2.14. The standard InChI is InChI=1S/C9H19NO3S/c10-14(11,12)8-7-13-9-5-3-1-2-4-6-9/h9H,1-8H2,(H2,10,11,12). The minimum absolute atomic E-state index is 0.0660. The van der Waals surface area contributed by atoms with Gasteiger partial charge in [-0.15, -0.1) is 0 Å². The molecule has 5 heteroatoms. The third kappa shape index (κ3) is 5.57. The predicted octanol–water partition coefficient (Wildman–Crippen LogP) is 1.01. The van der Waals surface area contributed by atoms with Crippen molar-refractivity contribution >= 4 is 10.0 Å². The van der Waals surface area contributed by atoms with E-state index in [0.717, 1.165) is 12.8 Å². The van der Waals surface area contributed by atoms with E-state index < -0.39 is 10.0 Å². The van der Waals surface area contributed by atoms with Crippen LogP contribution < -0.4 is 5.14 Å². The highest BCUT2D eigenvalue weighted by atomic mass is 32.2. The number of hydrogen-bond donors (Lipinski definition) is 1. The van der Waals surface area contributed by atoms with Gasteiger partial charge in [-0.25, -0.2) is 13.6 Å². The summed E-state index contributed by atoms with van der Waals surface area (Å²) in [6.45, 7) is 0.240. The van der Waals surface area contributed by atoms with Gasteiger partial charge >= 0.3 is 0 Å². The zero-order chi connectivity index (χ0) is 10.4. The Labute approximate surface area is 85.9 Å². The molecule has 84 valence electrons. The Kier molecular flexibility index (Phi) is 4.84. The number of hydrogen-bond acceptors (Lipinski definition) is 3. The molecule has 2 N–H and O–H groups in total. The van der Waals surface area contributed by atoms with E-state index in [1.54, 1.807) is 0 Å². The van der Waals surface area contributed by atoms with Crippen molar-refractivity contribution in [3.05, 3.63) is 0 Å². The van der Waals surface area contributed by atoms with Crippen molar-refractivity contribution in [2.45, 2.75) is 44.6 Å². The molecule has 0 aromatic carbocycles. The van der Waals surface area contributed by atoms with Gasteiger partial charge in [0, 0.05) is 0 Å². The van der Waals surface area contributed by atoms with Crippen LogP contribution in [0.1, 0.15) is 38.5 Å². The monoisotopic (exact) mass is 221 g/mol. The molecule has 1 saturated carbocycles. The fourth-order valence-electron chi connectivity index (χ4n) is 1.74. The van der Waals surface area contributed by atoms with Gasteiger partial charge in [-0.1, -0.05) is 25.7 Å². The van der Waals surface area contributed by atoms with Gasteiger partial charge in [0.25, 0.3) is 0 Å². The molecule has 0 aromatic heterocycles. The normalized spacial score (nSPS) is 20.6. The van der Waals surface area contributed by atoms with Crippen LogP contribution in [-0.2, 0) is 14.8 Å². The van der Waals surface area contributed by atoms with Crippen LogP contribution in [0.25, 0.3) is 0 Å². The minimum Gasteiger partial charge on any atom is -0.377 e. The van der Waals surface area contributed by atoms with E-state index in [1.807, 2.05) is 0 Å². The van der Waals surface area contributed by atoms with Crippen LogP contribution in [0.15, 0.2) is 0 Å². The molecule has 0 heterocycles. The second-order valence-corrected chi connectivity index (χ2v) is 5.59. The Morgan fingerprint density at radius 3 is 2.21 bits per heavy atom. The lowest BCUT2D eigenvalue weighted by Crippen LogP contribution is -2.23. The van der Waals surface area contributed by atoms with Crippen LogP contribution >= 0.6 is 0 Å². The molecule has 0 spiro atoms. The first-order valence-electron chi connectivity index (χ1n) is 5.20. The SMILES string of the molecule is NS(=O)(=O)CCOC1CCCCCC1. The zero-order valence-electron chi connectivity index (χ0n) is 8.44. The van der Waals surface area contributed by atoms with E-state index in [0.29, 0.717) is 0 Å². The molecule has 1 aliphatic rings. The first kappa shape index (κ1) is 11.9. The number of sulfonamides is 1. The van der Waals surface area contributed by atoms with Gasteiger partial charge < -0.3 is 4.74 Å². The molecule has 1 aliphatic carbocycles. The molecule has 0 aliphatic heterocycles. The summed E-state index contributed by atoms with van der Waals surface area (Å²) in [5.41, 5.74) is 0. The molecule has 0 saturated heterocycles. The molecular formula is C9H19NO3S. The minimum atomic E-state index is -3.36. The first-order valence-corrected chi connectivity index (χ1v) is 6.91. The van der Waals surface area contributed by atoms with E-state index in [9.17, 15) is 8.42 Å². The molecule has 0 bridgehead atoms. The van der Waals surface area contributed by atoms with Crippen LogP contribution in [-0.4, -0.2) is 26.9 Å². The largest absolute Gasteiger partial charge is 0.377 e. The summed E-state index contributed by atoms with van der Waals surface area (Å²) in [7, 11) is -3.36. The Balaban J connectivity index is 2.16. The quantitative estimate of drug-likeness (QED) is 0.720. The molecule has 0 unspecified atom stereocenters. The van der Waals surface area contributed by atoms with Crippen molar-refractivity contribution in [2.24, 2.45) is 5.14 Å². The van der Waals surface area contributed by atoms with Gasteiger partial charge in [-0.2, -0.15) is 0 Å². The average Bonchev–Trinajstić information content (AvgIpc) is 2.30. The molecule has 0 aromatic rings. The van der Waals surface area contributed by atoms with E-state index in [-0.39, 0.29) is 18.5 Å². The summed E-state index contributed by atoms with van der Waals surface area (Å²) < 4.78 is 26.8. The molecule has 14 heavy (non-hydrogen) atoms. The summed E-state index contributed by atoms with van der Waals surface area (Å²) in [4.78, 5) is 0. The van der Waals surface area contributed by atoms with Crippen molar-refractivity contribution in [1.29, 1.82) is 0 Å². The third-order valence-electron chi connectivity index (χ3n) is 2.52. The lowest BCUT2D eigenvalue weighted by molar-refractivity contribution is 0.0536. The van der Waals surface area contributed by atoms with E-state index in [2.05, 4.69) is 0 Å². The summed E-state index contributed by atoms with van der Waals surface area (Å²) in [5.74, 6) is -0.0660. The Bertz CT molecular complexity index is 243. The number of primary sulfonamides is 1.